The van der Waals surface area contributed by atoms with Crippen molar-refractivity contribution in [2.45, 2.75) is 6.54 Å². The van der Waals surface area contributed by atoms with Crippen LogP contribution in [0.4, 0.5) is 5.69 Å². The zero-order chi connectivity index (χ0) is 19.5. The van der Waals surface area contributed by atoms with Gasteiger partial charge in [-0.05, 0) is 12.1 Å². The van der Waals surface area contributed by atoms with Crippen LogP contribution in [0.5, 0.6) is 0 Å². The molecule has 0 bridgehead atoms. The minimum Gasteiger partial charge on any atom is -0.309 e. The van der Waals surface area contributed by atoms with Crippen LogP contribution in [0.25, 0.3) is 11.3 Å². The molecule has 28 heavy (non-hydrogen) atoms. The van der Waals surface area contributed by atoms with Gasteiger partial charge in [-0.3, -0.25) is 14.4 Å². The van der Waals surface area contributed by atoms with Crippen LogP contribution in [0, 0.1) is 11.3 Å². The normalized spacial score (nSPS) is 14.9. The Balaban J connectivity index is 1.51. The molecule has 140 valence electrons. The van der Waals surface area contributed by atoms with Gasteiger partial charge >= 0.3 is 0 Å². The lowest BCUT2D eigenvalue weighted by atomic mass is 10.1. The quantitative estimate of drug-likeness (QED) is 0.707. The van der Waals surface area contributed by atoms with Crippen LogP contribution in [0.15, 0.2) is 60.8 Å². The molecule has 6 heteroatoms. The summed E-state index contributed by atoms with van der Waals surface area (Å²) in [5.74, 6) is 0.0131. The second-order valence-electron chi connectivity index (χ2n) is 6.93. The first kappa shape index (κ1) is 18.0. The molecule has 0 spiro atoms. The van der Waals surface area contributed by atoms with Gasteiger partial charge in [0.15, 0.2) is 0 Å². The number of nitriles is 1. The van der Waals surface area contributed by atoms with Gasteiger partial charge in [0.05, 0.1) is 23.5 Å². The van der Waals surface area contributed by atoms with Crippen LogP contribution in [0.3, 0.4) is 0 Å². The second-order valence-corrected chi connectivity index (χ2v) is 6.93. The molecule has 4 rings (SSSR count). The van der Waals surface area contributed by atoms with Gasteiger partial charge in [-0.1, -0.05) is 42.5 Å². The van der Waals surface area contributed by atoms with E-state index < -0.39 is 0 Å². The third-order valence-electron chi connectivity index (χ3n) is 4.96. The van der Waals surface area contributed by atoms with Crippen molar-refractivity contribution in [2.75, 3.05) is 24.5 Å². The number of hydrogen-bond donors (Lipinski definition) is 0. The first-order valence-corrected chi connectivity index (χ1v) is 9.25. The van der Waals surface area contributed by atoms with Crippen LogP contribution in [-0.4, -0.2) is 40.2 Å². The SMILES string of the molecule is Cn1cc(CN2CCN(c3ccccc3C#N)C(=O)C2)c(-c2ccccc2)n1. The molecule has 6 nitrogen and oxygen atoms in total. The van der Waals surface area contributed by atoms with Crippen molar-refractivity contribution in [3.8, 4) is 17.3 Å². The topological polar surface area (TPSA) is 65.2 Å². The minimum absolute atomic E-state index is 0.0131. The summed E-state index contributed by atoms with van der Waals surface area (Å²) in [5, 5.41) is 13.9. The fourth-order valence-corrected chi connectivity index (χ4v) is 3.65. The molecular formula is C22H21N5O. The van der Waals surface area contributed by atoms with Crippen LogP contribution < -0.4 is 4.90 Å². The number of carbonyl (C=O) groups excluding carboxylic acids is 1. The summed E-state index contributed by atoms with van der Waals surface area (Å²) < 4.78 is 1.82. The summed E-state index contributed by atoms with van der Waals surface area (Å²) in [6, 6.07) is 19.5. The molecule has 0 radical (unpaired) electrons. The molecule has 1 aliphatic rings. The van der Waals surface area contributed by atoms with Gasteiger partial charge in [-0.15, -0.1) is 0 Å². The van der Waals surface area contributed by atoms with E-state index in [1.807, 2.05) is 66.5 Å². The fraction of sp³-hybridized carbons (Fsp3) is 0.227. The molecule has 1 amide bonds. The molecule has 0 unspecified atom stereocenters. The van der Waals surface area contributed by atoms with Crippen LogP contribution >= 0.6 is 0 Å². The Morgan fingerprint density at radius 1 is 1.07 bits per heavy atom. The van der Waals surface area contributed by atoms with Gasteiger partial charge in [-0.2, -0.15) is 10.4 Å². The second kappa shape index (κ2) is 7.67. The smallest absolute Gasteiger partial charge is 0.241 e. The minimum atomic E-state index is 0.0131. The number of anilines is 1. The van der Waals surface area contributed by atoms with E-state index in [2.05, 4.69) is 16.1 Å². The third kappa shape index (κ3) is 3.53. The number of rotatable bonds is 4. The van der Waals surface area contributed by atoms with Crippen LogP contribution in [0.2, 0.25) is 0 Å². The Labute approximate surface area is 164 Å². The number of aryl methyl sites for hydroxylation is 1. The molecule has 0 N–H and O–H groups in total. The predicted molar refractivity (Wildman–Crippen MR) is 107 cm³/mol. The molecule has 0 atom stereocenters. The highest BCUT2D eigenvalue weighted by Crippen LogP contribution is 2.25. The number of para-hydroxylation sites is 1. The zero-order valence-electron chi connectivity index (χ0n) is 15.7. The lowest BCUT2D eigenvalue weighted by molar-refractivity contribution is -0.121. The van der Waals surface area contributed by atoms with E-state index in [4.69, 9.17) is 0 Å². The number of piperazine rings is 1. The summed E-state index contributed by atoms with van der Waals surface area (Å²) in [5.41, 5.74) is 4.36. The number of aromatic nitrogens is 2. The largest absolute Gasteiger partial charge is 0.309 e. The molecule has 1 saturated heterocycles. The van der Waals surface area contributed by atoms with E-state index in [-0.39, 0.29) is 5.91 Å². The molecule has 1 fully saturated rings. The lowest BCUT2D eigenvalue weighted by Gasteiger charge is -2.34. The van der Waals surface area contributed by atoms with E-state index in [9.17, 15) is 10.1 Å². The lowest BCUT2D eigenvalue weighted by Crippen LogP contribution is -2.50. The summed E-state index contributed by atoms with van der Waals surface area (Å²) >= 11 is 0. The van der Waals surface area contributed by atoms with Crippen molar-refractivity contribution in [1.29, 1.82) is 5.26 Å². The van der Waals surface area contributed by atoms with E-state index in [1.165, 1.54) is 0 Å². The van der Waals surface area contributed by atoms with Gasteiger partial charge in [0.1, 0.15) is 6.07 Å². The zero-order valence-corrected chi connectivity index (χ0v) is 15.7. The summed E-state index contributed by atoms with van der Waals surface area (Å²) in [7, 11) is 1.91. The van der Waals surface area contributed by atoms with Crippen molar-refractivity contribution in [1.82, 2.24) is 14.7 Å². The van der Waals surface area contributed by atoms with Gasteiger partial charge in [0.25, 0.3) is 0 Å². The number of amides is 1. The van der Waals surface area contributed by atoms with Gasteiger partial charge in [-0.25, -0.2) is 0 Å². The molecule has 3 aromatic rings. The number of nitrogens with zero attached hydrogens (tertiary/aromatic N) is 5. The molecule has 0 aliphatic carbocycles. The summed E-state index contributed by atoms with van der Waals surface area (Å²) in [4.78, 5) is 16.6. The van der Waals surface area contributed by atoms with Crippen molar-refractivity contribution in [3.63, 3.8) is 0 Å². The maximum Gasteiger partial charge on any atom is 0.241 e. The Morgan fingerprint density at radius 2 is 1.82 bits per heavy atom. The third-order valence-corrected chi connectivity index (χ3v) is 4.96. The van der Waals surface area contributed by atoms with E-state index >= 15 is 0 Å². The molecule has 2 aromatic carbocycles. The van der Waals surface area contributed by atoms with Gasteiger partial charge < -0.3 is 4.90 Å². The molecular weight excluding hydrogens is 350 g/mol. The fourth-order valence-electron chi connectivity index (χ4n) is 3.65. The highest BCUT2D eigenvalue weighted by Gasteiger charge is 2.27. The van der Waals surface area contributed by atoms with Gasteiger partial charge in [0, 0.05) is 44.0 Å². The Hall–Kier alpha value is -3.43. The number of carbonyl (C=O) groups is 1. The van der Waals surface area contributed by atoms with E-state index in [0.717, 1.165) is 23.4 Å². The molecule has 2 heterocycles. The maximum absolute atomic E-state index is 12.8. The standard InChI is InChI=1S/C22H21N5O/c1-25-14-19(22(24-25)17-7-3-2-4-8-17)15-26-11-12-27(21(28)16-26)20-10-6-5-9-18(20)13-23/h2-10,14H,11-12,15-16H2,1H3. The Kier molecular flexibility index (Phi) is 4.92. The van der Waals surface area contributed by atoms with E-state index in [1.54, 1.807) is 11.0 Å². The number of hydrogen-bond acceptors (Lipinski definition) is 4. The highest BCUT2D eigenvalue weighted by atomic mass is 16.2. The van der Waals surface area contributed by atoms with Crippen LogP contribution in [0.1, 0.15) is 11.1 Å². The predicted octanol–water partition coefficient (Wildman–Crippen LogP) is 2.81. The van der Waals surface area contributed by atoms with Crippen molar-refractivity contribution < 1.29 is 4.79 Å². The van der Waals surface area contributed by atoms with Crippen molar-refractivity contribution in [3.05, 3.63) is 71.9 Å². The van der Waals surface area contributed by atoms with Gasteiger partial charge in [0.2, 0.25) is 5.91 Å². The Bertz CT molecular complexity index is 1030. The molecule has 1 aliphatic heterocycles. The first-order chi connectivity index (χ1) is 13.7. The average molecular weight is 371 g/mol. The maximum atomic E-state index is 12.8. The van der Waals surface area contributed by atoms with E-state index in [0.29, 0.717) is 30.9 Å². The summed E-state index contributed by atoms with van der Waals surface area (Å²) in [6.07, 6.45) is 2.02. The number of benzene rings is 2. The average Bonchev–Trinajstić information content (AvgIpc) is 3.09. The molecule has 0 saturated carbocycles. The molecule has 1 aromatic heterocycles. The monoisotopic (exact) mass is 371 g/mol. The van der Waals surface area contributed by atoms with Crippen molar-refractivity contribution in [2.24, 2.45) is 7.05 Å². The van der Waals surface area contributed by atoms with Crippen molar-refractivity contribution >= 4 is 11.6 Å². The van der Waals surface area contributed by atoms with Crippen LogP contribution in [-0.2, 0) is 18.4 Å². The Morgan fingerprint density at radius 3 is 2.57 bits per heavy atom. The first-order valence-electron chi connectivity index (χ1n) is 9.25. The summed E-state index contributed by atoms with van der Waals surface area (Å²) in [6.45, 7) is 2.30. The highest BCUT2D eigenvalue weighted by molar-refractivity contribution is 5.96.